The summed E-state index contributed by atoms with van der Waals surface area (Å²) in [6.07, 6.45) is 2.60. The molecular weight excluding hydrogens is 473 g/mol. The number of rotatable bonds is 7. The van der Waals surface area contributed by atoms with Gasteiger partial charge in [0.05, 0.1) is 24.4 Å². The second-order valence-electron chi connectivity index (χ2n) is 9.32. The lowest BCUT2D eigenvalue weighted by Crippen LogP contribution is -2.48. The van der Waals surface area contributed by atoms with Gasteiger partial charge in [-0.1, -0.05) is 6.07 Å². The number of amides is 1. The molecule has 0 aliphatic carbocycles. The number of hydrogen-bond acceptors (Lipinski definition) is 7. The molecule has 0 radical (unpaired) electrons. The van der Waals surface area contributed by atoms with Gasteiger partial charge in [0.1, 0.15) is 5.75 Å². The van der Waals surface area contributed by atoms with Crippen LogP contribution in [0.15, 0.2) is 54.9 Å². The summed E-state index contributed by atoms with van der Waals surface area (Å²) in [6, 6.07) is 13.7. The van der Waals surface area contributed by atoms with Crippen LogP contribution in [0.1, 0.15) is 24.2 Å². The van der Waals surface area contributed by atoms with Crippen LogP contribution in [-0.4, -0.2) is 64.7 Å². The van der Waals surface area contributed by atoms with E-state index in [0.717, 1.165) is 43.8 Å². The molecule has 0 spiro atoms. The van der Waals surface area contributed by atoms with Gasteiger partial charge in [-0.3, -0.25) is 14.3 Å². The molecule has 0 saturated carbocycles. The number of primary amides is 1. The fraction of sp³-hybridized carbons (Fsp3) is 0.296. The zero-order valence-electron chi connectivity index (χ0n) is 21.1. The SMILES string of the molecule is COc1ccc2c(c1)c(C(N)=O)cn2-c1nc(Nc2cccc(N3CCN(C(C)C)CC3)c2)ncc1F. The zero-order valence-corrected chi connectivity index (χ0v) is 21.1. The summed E-state index contributed by atoms with van der Waals surface area (Å²) in [6.45, 7) is 8.38. The monoisotopic (exact) mass is 503 g/mol. The molecular formula is C27H30FN7O2. The van der Waals surface area contributed by atoms with Crippen molar-refractivity contribution < 1.29 is 13.9 Å². The third-order valence-corrected chi connectivity index (χ3v) is 6.74. The first-order chi connectivity index (χ1) is 17.8. The van der Waals surface area contributed by atoms with Crippen LogP contribution < -0.4 is 20.7 Å². The minimum absolute atomic E-state index is 0.00105. The quantitative estimate of drug-likeness (QED) is 0.394. The Kier molecular flexibility index (Phi) is 6.66. The third-order valence-electron chi connectivity index (χ3n) is 6.74. The van der Waals surface area contributed by atoms with Crippen LogP contribution in [0.4, 0.5) is 21.7 Å². The van der Waals surface area contributed by atoms with Gasteiger partial charge in [-0.15, -0.1) is 0 Å². The molecule has 192 valence electrons. The number of nitrogens with one attached hydrogen (secondary N) is 1. The Morgan fingerprint density at radius 1 is 1.14 bits per heavy atom. The van der Waals surface area contributed by atoms with E-state index in [4.69, 9.17) is 10.5 Å². The second kappa shape index (κ2) is 10.1. The molecule has 5 rings (SSSR count). The topological polar surface area (TPSA) is 102 Å². The maximum absolute atomic E-state index is 14.9. The van der Waals surface area contributed by atoms with Crippen molar-refractivity contribution in [3.63, 3.8) is 0 Å². The Hall–Kier alpha value is -4.18. The van der Waals surface area contributed by atoms with Crippen molar-refractivity contribution in [3.8, 4) is 11.6 Å². The van der Waals surface area contributed by atoms with E-state index in [9.17, 15) is 9.18 Å². The van der Waals surface area contributed by atoms with E-state index in [1.165, 1.54) is 17.9 Å². The van der Waals surface area contributed by atoms with E-state index in [1.807, 2.05) is 18.2 Å². The summed E-state index contributed by atoms with van der Waals surface area (Å²) < 4.78 is 21.7. The average molecular weight is 504 g/mol. The molecule has 1 saturated heterocycles. The van der Waals surface area contributed by atoms with Gasteiger partial charge in [-0.2, -0.15) is 4.98 Å². The molecule has 1 aliphatic rings. The first-order valence-electron chi connectivity index (χ1n) is 12.2. The summed E-state index contributed by atoms with van der Waals surface area (Å²) >= 11 is 0. The van der Waals surface area contributed by atoms with Gasteiger partial charge in [-0.25, -0.2) is 9.37 Å². The van der Waals surface area contributed by atoms with Gasteiger partial charge < -0.3 is 20.7 Å². The number of aromatic nitrogens is 3. The van der Waals surface area contributed by atoms with Gasteiger partial charge in [0.2, 0.25) is 5.95 Å². The van der Waals surface area contributed by atoms with Crippen LogP contribution in [0.5, 0.6) is 5.75 Å². The largest absolute Gasteiger partial charge is 0.497 e. The first-order valence-corrected chi connectivity index (χ1v) is 12.2. The van der Waals surface area contributed by atoms with Gasteiger partial charge in [0.15, 0.2) is 11.6 Å². The van der Waals surface area contributed by atoms with E-state index in [-0.39, 0.29) is 17.3 Å². The number of piperazine rings is 1. The molecule has 2 aromatic carbocycles. The zero-order chi connectivity index (χ0) is 26.1. The Labute approximate surface area is 214 Å². The summed E-state index contributed by atoms with van der Waals surface area (Å²) in [5.74, 6) is -0.471. The van der Waals surface area contributed by atoms with Crippen molar-refractivity contribution in [1.82, 2.24) is 19.4 Å². The summed E-state index contributed by atoms with van der Waals surface area (Å²) in [5.41, 5.74) is 8.30. The maximum atomic E-state index is 14.9. The maximum Gasteiger partial charge on any atom is 0.250 e. The molecule has 0 atom stereocenters. The van der Waals surface area contributed by atoms with Crippen LogP contribution >= 0.6 is 0 Å². The van der Waals surface area contributed by atoms with Crippen LogP contribution in [-0.2, 0) is 0 Å². The molecule has 0 unspecified atom stereocenters. The highest BCUT2D eigenvalue weighted by Gasteiger charge is 2.20. The Morgan fingerprint density at radius 2 is 1.92 bits per heavy atom. The number of methoxy groups -OCH3 is 1. The number of carbonyl (C=O) groups excluding carboxylic acids is 1. The third kappa shape index (κ3) is 4.92. The first kappa shape index (κ1) is 24.5. The highest BCUT2D eigenvalue weighted by molar-refractivity contribution is 6.07. The number of halogens is 1. The number of benzene rings is 2. The predicted molar refractivity (Wildman–Crippen MR) is 143 cm³/mol. The summed E-state index contributed by atoms with van der Waals surface area (Å²) in [4.78, 5) is 25.5. The van der Waals surface area contributed by atoms with E-state index >= 15 is 0 Å². The molecule has 1 aliphatic heterocycles. The van der Waals surface area contributed by atoms with E-state index in [2.05, 4.69) is 45.0 Å². The number of fused-ring (bicyclic) bond motifs is 1. The summed E-state index contributed by atoms with van der Waals surface area (Å²) in [5, 5.41) is 3.74. The average Bonchev–Trinajstić information content (AvgIpc) is 3.29. The van der Waals surface area contributed by atoms with Crippen molar-refractivity contribution in [3.05, 3.63) is 66.2 Å². The van der Waals surface area contributed by atoms with Crippen LogP contribution in [0, 0.1) is 5.82 Å². The van der Waals surface area contributed by atoms with Crippen molar-refractivity contribution >= 4 is 34.1 Å². The molecule has 2 aromatic heterocycles. The van der Waals surface area contributed by atoms with Crippen molar-refractivity contribution in [2.45, 2.75) is 19.9 Å². The minimum atomic E-state index is -0.633. The lowest BCUT2D eigenvalue weighted by atomic mass is 10.1. The highest BCUT2D eigenvalue weighted by Crippen LogP contribution is 2.29. The molecule has 9 nitrogen and oxygen atoms in total. The van der Waals surface area contributed by atoms with Crippen LogP contribution in [0.25, 0.3) is 16.7 Å². The normalized spacial score (nSPS) is 14.4. The number of ether oxygens (including phenoxy) is 1. The Morgan fingerprint density at radius 3 is 2.62 bits per heavy atom. The fourth-order valence-electron chi connectivity index (χ4n) is 4.70. The molecule has 37 heavy (non-hydrogen) atoms. The molecule has 3 N–H and O–H groups in total. The number of nitrogens with two attached hydrogens (primary N) is 1. The number of hydrogen-bond donors (Lipinski definition) is 2. The van der Waals surface area contributed by atoms with Crippen molar-refractivity contribution in [1.29, 1.82) is 0 Å². The van der Waals surface area contributed by atoms with E-state index in [0.29, 0.717) is 22.7 Å². The predicted octanol–water partition coefficient (Wildman–Crippen LogP) is 3.94. The van der Waals surface area contributed by atoms with E-state index < -0.39 is 11.7 Å². The fourth-order valence-corrected chi connectivity index (χ4v) is 4.70. The minimum Gasteiger partial charge on any atom is -0.497 e. The van der Waals surface area contributed by atoms with Crippen LogP contribution in [0.3, 0.4) is 0 Å². The number of nitrogens with zero attached hydrogens (tertiary/aromatic N) is 5. The molecule has 4 aromatic rings. The standard InChI is InChI=1S/C27H30FN7O2/c1-17(2)33-9-11-34(12-10-33)19-6-4-5-18(13-19)31-27-30-15-23(28)26(32-27)35-16-22(25(29)36)21-14-20(37-3)7-8-24(21)35/h4-8,13-17H,9-12H2,1-3H3,(H2,29,36)(H,30,31,32). The van der Waals surface area contributed by atoms with Gasteiger partial charge >= 0.3 is 0 Å². The van der Waals surface area contributed by atoms with Gasteiger partial charge in [-0.05, 0) is 50.2 Å². The van der Waals surface area contributed by atoms with Gasteiger partial charge in [0.25, 0.3) is 5.91 Å². The lowest BCUT2D eigenvalue weighted by molar-refractivity contribution is 0.100. The van der Waals surface area contributed by atoms with Gasteiger partial charge in [0, 0.05) is 55.2 Å². The smallest absolute Gasteiger partial charge is 0.250 e. The second-order valence-corrected chi connectivity index (χ2v) is 9.32. The molecule has 1 amide bonds. The molecule has 1 fully saturated rings. The summed E-state index contributed by atoms with van der Waals surface area (Å²) in [7, 11) is 1.53. The van der Waals surface area contributed by atoms with Crippen molar-refractivity contribution in [2.75, 3.05) is 43.5 Å². The van der Waals surface area contributed by atoms with Crippen molar-refractivity contribution in [2.24, 2.45) is 5.73 Å². The molecule has 0 bridgehead atoms. The number of carbonyl (C=O) groups is 1. The lowest BCUT2D eigenvalue weighted by Gasteiger charge is -2.38. The Bertz CT molecular complexity index is 1440. The number of anilines is 3. The molecule has 3 heterocycles. The van der Waals surface area contributed by atoms with E-state index in [1.54, 1.807) is 18.2 Å². The molecule has 10 heteroatoms. The highest BCUT2D eigenvalue weighted by atomic mass is 19.1. The Balaban J connectivity index is 1.43. The van der Waals surface area contributed by atoms with Crippen LogP contribution in [0.2, 0.25) is 0 Å².